The highest BCUT2D eigenvalue weighted by Crippen LogP contribution is 2.28. The number of aryl methyl sites for hydroxylation is 2. The molecule has 1 nitrogen and oxygen atoms in total. The summed E-state index contributed by atoms with van der Waals surface area (Å²) in [6, 6.07) is 6.12. The molecule has 14 heavy (non-hydrogen) atoms. The predicted octanol–water partition coefficient (Wildman–Crippen LogP) is 4.35. The lowest BCUT2D eigenvalue weighted by Crippen LogP contribution is -1.74. The Morgan fingerprint density at radius 1 is 1.29 bits per heavy atom. The third-order valence-corrected chi connectivity index (χ3v) is 2.54. The second-order valence-electron chi connectivity index (χ2n) is 3.63. The van der Waals surface area contributed by atoms with E-state index in [9.17, 15) is 0 Å². The van der Waals surface area contributed by atoms with Gasteiger partial charge in [-0.05, 0) is 37.1 Å². The van der Waals surface area contributed by atoms with Crippen LogP contribution in [0.15, 0.2) is 22.6 Å². The largest absolute Gasteiger partial charge is 0.460 e. The molecule has 0 aliphatic heterocycles. The average molecular weight is 209 g/mol. The molecule has 2 aromatic rings. The zero-order chi connectivity index (χ0) is 10.1. The summed E-state index contributed by atoms with van der Waals surface area (Å²) in [5, 5.41) is 1.82. The summed E-state index contributed by atoms with van der Waals surface area (Å²) in [6.45, 7) is 4.18. The summed E-state index contributed by atoms with van der Waals surface area (Å²) in [6.07, 6.45) is 2.07. The van der Waals surface area contributed by atoms with Crippen molar-refractivity contribution in [1.29, 1.82) is 0 Å². The minimum Gasteiger partial charge on any atom is -0.460 e. The number of furan rings is 1. The summed E-state index contributed by atoms with van der Waals surface area (Å²) in [5.41, 5.74) is 1.99. The van der Waals surface area contributed by atoms with E-state index in [1.54, 1.807) is 0 Å². The van der Waals surface area contributed by atoms with Gasteiger partial charge in [-0.25, -0.2) is 0 Å². The molecule has 0 unspecified atom stereocenters. The molecule has 0 saturated heterocycles. The van der Waals surface area contributed by atoms with Crippen LogP contribution < -0.4 is 0 Å². The maximum atomic E-state index is 6.08. The summed E-state index contributed by atoms with van der Waals surface area (Å²) < 4.78 is 5.66. The Labute approximate surface area is 88.7 Å². The number of fused-ring (bicyclic) bond motifs is 1. The Hall–Kier alpha value is -0.950. The first-order chi connectivity index (χ1) is 6.70. The molecule has 0 amide bonds. The Morgan fingerprint density at radius 2 is 2.07 bits per heavy atom. The lowest BCUT2D eigenvalue weighted by Gasteiger charge is -1.94. The van der Waals surface area contributed by atoms with Crippen LogP contribution in [0.25, 0.3) is 11.0 Å². The van der Waals surface area contributed by atoms with Gasteiger partial charge in [-0.1, -0.05) is 18.5 Å². The lowest BCUT2D eigenvalue weighted by molar-refractivity contribution is 0.545. The number of benzene rings is 1. The molecule has 0 saturated carbocycles. The molecule has 0 fully saturated rings. The minimum atomic E-state index is 0.711. The quantitative estimate of drug-likeness (QED) is 0.715. The fourth-order valence-electron chi connectivity index (χ4n) is 1.67. The SMILES string of the molecule is CCCc1cc2cc(C)cc(Cl)c2o1. The zero-order valence-electron chi connectivity index (χ0n) is 8.43. The van der Waals surface area contributed by atoms with Gasteiger partial charge >= 0.3 is 0 Å². The van der Waals surface area contributed by atoms with Gasteiger partial charge in [-0.15, -0.1) is 0 Å². The molecule has 0 radical (unpaired) electrons. The second kappa shape index (κ2) is 3.66. The molecule has 2 rings (SSSR count). The molecular weight excluding hydrogens is 196 g/mol. The normalized spacial score (nSPS) is 11.1. The lowest BCUT2D eigenvalue weighted by atomic mass is 10.2. The fourth-order valence-corrected chi connectivity index (χ4v) is 1.99. The van der Waals surface area contributed by atoms with Crippen molar-refractivity contribution in [2.75, 3.05) is 0 Å². The molecule has 2 heteroatoms. The monoisotopic (exact) mass is 208 g/mol. The Balaban J connectivity index is 2.58. The van der Waals surface area contributed by atoms with Crippen molar-refractivity contribution in [3.8, 4) is 0 Å². The highest BCUT2D eigenvalue weighted by atomic mass is 35.5. The maximum Gasteiger partial charge on any atom is 0.152 e. The predicted molar refractivity (Wildman–Crippen MR) is 60.0 cm³/mol. The molecule has 0 spiro atoms. The third kappa shape index (κ3) is 1.64. The second-order valence-corrected chi connectivity index (χ2v) is 4.04. The van der Waals surface area contributed by atoms with E-state index < -0.39 is 0 Å². The molecule has 0 N–H and O–H groups in total. The van der Waals surface area contributed by atoms with Crippen molar-refractivity contribution >= 4 is 22.6 Å². The number of hydrogen-bond acceptors (Lipinski definition) is 1. The van der Waals surface area contributed by atoms with Gasteiger partial charge in [-0.2, -0.15) is 0 Å². The van der Waals surface area contributed by atoms with E-state index in [-0.39, 0.29) is 0 Å². The van der Waals surface area contributed by atoms with Crippen LogP contribution in [-0.2, 0) is 6.42 Å². The summed E-state index contributed by atoms with van der Waals surface area (Å²) in [5.74, 6) is 1.02. The van der Waals surface area contributed by atoms with Crippen LogP contribution in [0.2, 0.25) is 5.02 Å². The van der Waals surface area contributed by atoms with Gasteiger partial charge in [0.15, 0.2) is 5.58 Å². The summed E-state index contributed by atoms with van der Waals surface area (Å²) >= 11 is 6.08. The van der Waals surface area contributed by atoms with Gasteiger partial charge in [-0.3, -0.25) is 0 Å². The van der Waals surface area contributed by atoms with E-state index in [1.807, 2.05) is 13.0 Å². The standard InChI is InChI=1S/C12H13ClO/c1-3-4-10-7-9-5-8(2)6-11(13)12(9)14-10/h5-7H,3-4H2,1-2H3. The first-order valence-electron chi connectivity index (χ1n) is 4.89. The highest BCUT2D eigenvalue weighted by Gasteiger charge is 2.07. The Morgan fingerprint density at radius 3 is 2.79 bits per heavy atom. The van der Waals surface area contributed by atoms with Gasteiger partial charge in [0.1, 0.15) is 5.76 Å². The van der Waals surface area contributed by atoms with Crippen LogP contribution in [-0.4, -0.2) is 0 Å². The van der Waals surface area contributed by atoms with E-state index in [1.165, 1.54) is 5.56 Å². The van der Waals surface area contributed by atoms with Crippen LogP contribution >= 0.6 is 11.6 Å². The molecule has 74 valence electrons. The molecule has 0 aliphatic carbocycles. The van der Waals surface area contributed by atoms with E-state index in [0.29, 0.717) is 5.02 Å². The van der Waals surface area contributed by atoms with Gasteiger partial charge in [0.2, 0.25) is 0 Å². The van der Waals surface area contributed by atoms with Gasteiger partial charge < -0.3 is 4.42 Å². The summed E-state index contributed by atoms with van der Waals surface area (Å²) in [4.78, 5) is 0. The number of rotatable bonds is 2. The zero-order valence-corrected chi connectivity index (χ0v) is 9.19. The van der Waals surface area contributed by atoms with E-state index in [0.717, 1.165) is 29.6 Å². The van der Waals surface area contributed by atoms with Crippen molar-refractivity contribution in [3.63, 3.8) is 0 Å². The number of halogens is 1. The number of hydrogen-bond donors (Lipinski definition) is 0. The Kier molecular flexibility index (Phi) is 2.51. The van der Waals surface area contributed by atoms with E-state index in [2.05, 4.69) is 19.1 Å². The topological polar surface area (TPSA) is 13.1 Å². The smallest absolute Gasteiger partial charge is 0.152 e. The van der Waals surface area contributed by atoms with Gasteiger partial charge in [0.25, 0.3) is 0 Å². The van der Waals surface area contributed by atoms with Gasteiger partial charge in [0, 0.05) is 11.8 Å². The Bertz CT molecular complexity index is 457. The van der Waals surface area contributed by atoms with E-state index >= 15 is 0 Å². The molecule has 1 aromatic carbocycles. The fraction of sp³-hybridized carbons (Fsp3) is 0.333. The van der Waals surface area contributed by atoms with Gasteiger partial charge in [0.05, 0.1) is 5.02 Å². The van der Waals surface area contributed by atoms with Crippen LogP contribution in [0.4, 0.5) is 0 Å². The first-order valence-corrected chi connectivity index (χ1v) is 5.27. The van der Waals surface area contributed by atoms with Crippen molar-refractivity contribution in [3.05, 3.63) is 34.5 Å². The molecule has 1 aromatic heterocycles. The molecular formula is C12H13ClO. The van der Waals surface area contributed by atoms with Crippen molar-refractivity contribution < 1.29 is 4.42 Å². The van der Waals surface area contributed by atoms with Crippen LogP contribution in [0, 0.1) is 6.92 Å². The van der Waals surface area contributed by atoms with E-state index in [4.69, 9.17) is 16.0 Å². The van der Waals surface area contributed by atoms with Crippen molar-refractivity contribution in [1.82, 2.24) is 0 Å². The van der Waals surface area contributed by atoms with Crippen molar-refractivity contribution in [2.24, 2.45) is 0 Å². The van der Waals surface area contributed by atoms with Crippen LogP contribution in [0.3, 0.4) is 0 Å². The van der Waals surface area contributed by atoms with Crippen LogP contribution in [0.5, 0.6) is 0 Å². The average Bonchev–Trinajstić information content (AvgIpc) is 2.48. The third-order valence-electron chi connectivity index (χ3n) is 2.26. The summed E-state index contributed by atoms with van der Waals surface area (Å²) in [7, 11) is 0. The molecule has 0 bridgehead atoms. The molecule has 0 atom stereocenters. The molecule has 0 aliphatic rings. The minimum absolute atomic E-state index is 0.711. The highest BCUT2D eigenvalue weighted by molar-refractivity contribution is 6.34. The van der Waals surface area contributed by atoms with Crippen molar-refractivity contribution in [2.45, 2.75) is 26.7 Å². The maximum absolute atomic E-state index is 6.08. The first kappa shape index (κ1) is 9.60. The molecule has 1 heterocycles. The van der Waals surface area contributed by atoms with Crippen LogP contribution in [0.1, 0.15) is 24.7 Å².